The summed E-state index contributed by atoms with van der Waals surface area (Å²) in [5.41, 5.74) is 2.46. The highest BCUT2D eigenvalue weighted by molar-refractivity contribution is 5.81. The molecule has 2 aromatic carbocycles. The minimum atomic E-state index is -0.275. The molecule has 1 atom stereocenters. The summed E-state index contributed by atoms with van der Waals surface area (Å²) in [6, 6.07) is 20.2. The second-order valence-electron chi connectivity index (χ2n) is 7.16. The first-order chi connectivity index (χ1) is 13.7. The predicted molar refractivity (Wildman–Crippen MR) is 107 cm³/mol. The molecule has 6 heteroatoms. The molecule has 0 unspecified atom stereocenters. The molecule has 1 aromatic heterocycles. The fourth-order valence-electron chi connectivity index (χ4n) is 3.67. The minimum absolute atomic E-state index is 0.132. The molecule has 1 aliphatic heterocycles. The van der Waals surface area contributed by atoms with Crippen LogP contribution in [0.2, 0.25) is 0 Å². The van der Waals surface area contributed by atoms with Crippen LogP contribution in [0.1, 0.15) is 35.7 Å². The zero-order chi connectivity index (χ0) is 19.3. The molecule has 6 nitrogen and oxygen atoms in total. The molecule has 0 fully saturated rings. The number of nitrogens with one attached hydrogen (secondary N) is 1. The van der Waals surface area contributed by atoms with E-state index < -0.39 is 0 Å². The highest BCUT2D eigenvalue weighted by Crippen LogP contribution is 2.23. The second kappa shape index (κ2) is 8.35. The fraction of sp³-hybridized carbons (Fsp3) is 0.318. The van der Waals surface area contributed by atoms with E-state index in [-0.39, 0.29) is 11.9 Å². The molecule has 2 heterocycles. The Morgan fingerprint density at radius 2 is 1.64 bits per heavy atom. The number of hydrogen-bond acceptors (Lipinski definition) is 4. The lowest BCUT2D eigenvalue weighted by molar-refractivity contribution is -0.137. The van der Waals surface area contributed by atoms with Gasteiger partial charge in [-0.2, -0.15) is 0 Å². The molecule has 1 N–H and O–H groups in total. The number of amides is 1. The third-order valence-corrected chi connectivity index (χ3v) is 5.19. The van der Waals surface area contributed by atoms with Gasteiger partial charge in [-0.05, 0) is 24.5 Å². The maximum atomic E-state index is 12.9. The van der Waals surface area contributed by atoms with Gasteiger partial charge in [0, 0.05) is 13.1 Å². The first kappa shape index (κ1) is 18.4. The standard InChI is InChI=1S/C22H25N5O/c1-17-22(28)26(13-12-18-8-4-2-5-9-18)16-21-25-24-20(27(17)21)15-23-14-19-10-6-3-7-11-19/h2-11,17,23H,12-16H2,1H3/t17-/m1/s1. The van der Waals surface area contributed by atoms with E-state index in [1.165, 1.54) is 11.1 Å². The van der Waals surface area contributed by atoms with E-state index in [1.807, 2.05) is 52.8 Å². The third-order valence-electron chi connectivity index (χ3n) is 5.19. The average molecular weight is 375 g/mol. The number of hydrogen-bond donors (Lipinski definition) is 1. The molecule has 4 rings (SSSR count). The van der Waals surface area contributed by atoms with Gasteiger partial charge in [-0.25, -0.2) is 0 Å². The van der Waals surface area contributed by atoms with Gasteiger partial charge >= 0.3 is 0 Å². The Bertz CT molecular complexity index is 923. The molecular formula is C22H25N5O. The van der Waals surface area contributed by atoms with Gasteiger partial charge in [0.15, 0.2) is 5.82 Å². The maximum Gasteiger partial charge on any atom is 0.245 e. The van der Waals surface area contributed by atoms with E-state index in [1.54, 1.807) is 0 Å². The largest absolute Gasteiger partial charge is 0.333 e. The first-order valence-corrected chi connectivity index (χ1v) is 9.72. The highest BCUT2D eigenvalue weighted by atomic mass is 16.2. The van der Waals surface area contributed by atoms with Crippen LogP contribution in [0.25, 0.3) is 0 Å². The summed E-state index contributed by atoms with van der Waals surface area (Å²) in [6.07, 6.45) is 0.846. The zero-order valence-corrected chi connectivity index (χ0v) is 16.1. The number of rotatable bonds is 7. The lowest BCUT2D eigenvalue weighted by Gasteiger charge is -2.32. The third kappa shape index (κ3) is 3.97. The summed E-state index contributed by atoms with van der Waals surface area (Å²) in [5, 5.41) is 12.1. The number of nitrogens with zero attached hydrogens (tertiary/aromatic N) is 4. The van der Waals surface area contributed by atoms with E-state index in [2.05, 4.69) is 39.8 Å². The molecule has 144 valence electrons. The lowest BCUT2D eigenvalue weighted by Crippen LogP contribution is -2.43. The SMILES string of the molecule is C[C@@H]1C(=O)N(CCc2ccccc2)Cc2nnc(CNCc3ccccc3)n21. The molecule has 0 spiro atoms. The van der Waals surface area contributed by atoms with Crippen LogP contribution in [0.4, 0.5) is 0 Å². The molecule has 0 aliphatic carbocycles. The van der Waals surface area contributed by atoms with Crippen LogP contribution in [0, 0.1) is 0 Å². The van der Waals surface area contributed by atoms with Crippen molar-refractivity contribution in [1.29, 1.82) is 0 Å². The minimum Gasteiger partial charge on any atom is -0.333 e. The van der Waals surface area contributed by atoms with Crippen LogP contribution in [-0.4, -0.2) is 32.1 Å². The Morgan fingerprint density at radius 3 is 2.36 bits per heavy atom. The number of carbonyl (C=O) groups is 1. The first-order valence-electron chi connectivity index (χ1n) is 9.72. The summed E-state index contributed by atoms with van der Waals surface area (Å²) < 4.78 is 1.99. The van der Waals surface area contributed by atoms with Gasteiger partial charge in [-0.1, -0.05) is 60.7 Å². The maximum absolute atomic E-state index is 12.9. The molecule has 28 heavy (non-hydrogen) atoms. The van der Waals surface area contributed by atoms with Gasteiger partial charge in [0.25, 0.3) is 0 Å². The zero-order valence-electron chi connectivity index (χ0n) is 16.1. The summed E-state index contributed by atoms with van der Waals surface area (Å²) in [6.45, 7) is 4.49. The Balaban J connectivity index is 1.39. The Labute approximate surface area is 165 Å². The summed E-state index contributed by atoms with van der Waals surface area (Å²) in [7, 11) is 0. The number of benzene rings is 2. The molecule has 0 saturated heterocycles. The number of fused-ring (bicyclic) bond motifs is 1. The van der Waals surface area contributed by atoms with Crippen molar-refractivity contribution in [3.63, 3.8) is 0 Å². The quantitative estimate of drug-likeness (QED) is 0.690. The van der Waals surface area contributed by atoms with E-state index in [4.69, 9.17) is 0 Å². The van der Waals surface area contributed by atoms with Crippen LogP contribution in [0.3, 0.4) is 0 Å². The van der Waals surface area contributed by atoms with Gasteiger partial charge in [0.05, 0.1) is 13.1 Å². The van der Waals surface area contributed by atoms with Gasteiger partial charge < -0.3 is 10.2 Å². The molecule has 1 aliphatic rings. The fourth-order valence-corrected chi connectivity index (χ4v) is 3.67. The number of carbonyl (C=O) groups excluding carboxylic acids is 1. The van der Waals surface area contributed by atoms with E-state index in [9.17, 15) is 4.79 Å². The topological polar surface area (TPSA) is 63.1 Å². The molecule has 3 aromatic rings. The van der Waals surface area contributed by atoms with Crippen molar-refractivity contribution in [2.75, 3.05) is 6.54 Å². The van der Waals surface area contributed by atoms with Crippen molar-refractivity contribution in [3.05, 3.63) is 83.4 Å². The van der Waals surface area contributed by atoms with Gasteiger partial charge in [-0.3, -0.25) is 9.36 Å². The predicted octanol–water partition coefficient (Wildman–Crippen LogP) is 2.71. The van der Waals surface area contributed by atoms with Crippen molar-refractivity contribution in [1.82, 2.24) is 25.0 Å². The van der Waals surface area contributed by atoms with Crippen LogP contribution in [0.5, 0.6) is 0 Å². The molecule has 1 amide bonds. The van der Waals surface area contributed by atoms with E-state index in [0.29, 0.717) is 19.6 Å². The van der Waals surface area contributed by atoms with Gasteiger partial charge in [-0.15, -0.1) is 10.2 Å². The summed E-state index contributed by atoms with van der Waals surface area (Å²) >= 11 is 0. The molecular weight excluding hydrogens is 350 g/mol. The Morgan fingerprint density at radius 1 is 0.964 bits per heavy atom. The normalized spacial score (nSPS) is 16.2. The Kier molecular flexibility index (Phi) is 5.48. The Hall–Kier alpha value is -2.99. The van der Waals surface area contributed by atoms with Gasteiger partial charge in [0.1, 0.15) is 11.9 Å². The molecule has 0 radical (unpaired) electrons. The van der Waals surface area contributed by atoms with E-state index >= 15 is 0 Å². The van der Waals surface area contributed by atoms with Gasteiger partial charge in [0.2, 0.25) is 5.91 Å². The van der Waals surface area contributed by atoms with Crippen molar-refractivity contribution >= 4 is 5.91 Å². The van der Waals surface area contributed by atoms with Crippen LogP contribution in [0.15, 0.2) is 60.7 Å². The van der Waals surface area contributed by atoms with Crippen molar-refractivity contribution < 1.29 is 4.79 Å². The monoisotopic (exact) mass is 375 g/mol. The average Bonchev–Trinajstić information content (AvgIpc) is 3.14. The summed E-state index contributed by atoms with van der Waals surface area (Å²) in [4.78, 5) is 14.8. The van der Waals surface area contributed by atoms with Crippen molar-refractivity contribution in [2.24, 2.45) is 0 Å². The highest BCUT2D eigenvalue weighted by Gasteiger charge is 2.32. The summed E-state index contributed by atoms with van der Waals surface area (Å²) in [5.74, 6) is 1.80. The van der Waals surface area contributed by atoms with Crippen molar-refractivity contribution in [3.8, 4) is 0 Å². The molecule has 0 bridgehead atoms. The van der Waals surface area contributed by atoms with E-state index in [0.717, 1.165) is 24.6 Å². The lowest BCUT2D eigenvalue weighted by atomic mass is 10.1. The van der Waals surface area contributed by atoms with Crippen LogP contribution < -0.4 is 5.32 Å². The van der Waals surface area contributed by atoms with Crippen LogP contribution in [-0.2, 0) is 30.8 Å². The van der Waals surface area contributed by atoms with Crippen LogP contribution >= 0.6 is 0 Å². The van der Waals surface area contributed by atoms with Crippen molar-refractivity contribution in [2.45, 2.75) is 39.0 Å². The number of aromatic nitrogens is 3. The smallest absolute Gasteiger partial charge is 0.245 e. The second-order valence-corrected chi connectivity index (χ2v) is 7.16. The molecule has 0 saturated carbocycles.